The van der Waals surface area contributed by atoms with E-state index in [0.717, 1.165) is 51.7 Å². The highest BCUT2D eigenvalue weighted by atomic mass is 127. The molecule has 0 bridgehead atoms. The number of ether oxygens (including phenoxy) is 1. The SMILES string of the molecule is CC(C)CCCC(C)NC(N)=NCC(C)CN1CCOCC1.I. The molecule has 1 aliphatic rings. The summed E-state index contributed by atoms with van der Waals surface area (Å²) < 4.78 is 5.37. The Hall–Kier alpha value is -0.0800. The van der Waals surface area contributed by atoms with Gasteiger partial charge in [-0.3, -0.25) is 9.89 Å². The van der Waals surface area contributed by atoms with E-state index in [1.54, 1.807) is 0 Å². The quantitative estimate of drug-likeness (QED) is 0.329. The van der Waals surface area contributed by atoms with Crippen LogP contribution >= 0.6 is 24.0 Å². The standard InChI is InChI=1S/C17H36N4O.HI/c1-14(2)6-5-7-16(4)20-17(18)19-12-15(3)13-21-8-10-22-11-9-21;/h14-16H,5-13H2,1-4H3,(H3,18,19,20);1H. The minimum atomic E-state index is 0. The van der Waals surface area contributed by atoms with Crippen molar-refractivity contribution < 1.29 is 4.74 Å². The van der Waals surface area contributed by atoms with E-state index in [2.05, 4.69) is 42.9 Å². The predicted octanol–water partition coefficient (Wildman–Crippen LogP) is 2.69. The van der Waals surface area contributed by atoms with Crippen LogP contribution in [0.5, 0.6) is 0 Å². The third-order valence-electron chi connectivity index (χ3n) is 4.06. The minimum absolute atomic E-state index is 0. The monoisotopic (exact) mass is 440 g/mol. The molecule has 0 spiro atoms. The van der Waals surface area contributed by atoms with E-state index in [9.17, 15) is 0 Å². The van der Waals surface area contributed by atoms with Crippen LogP contribution in [0.4, 0.5) is 0 Å². The summed E-state index contributed by atoms with van der Waals surface area (Å²) in [4.78, 5) is 6.94. The lowest BCUT2D eigenvalue weighted by Crippen LogP contribution is -2.40. The van der Waals surface area contributed by atoms with Gasteiger partial charge in [0.2, 0.25) is 0 Å². The summed E-state index contributed by atoms with van der Waals surface area (Å²) in [6.07, 6.45) is 3.67. The average molecular weight is 440 g/mol. The summed E-state index contributed by atoms with van der Waals surface area (Å²) in [5, 5.41) is 3.31. The molecule has 0 aromatic carbocycles. The zero-order chi connectivity index (χ0) is 16.4. The Labute approximate surface area is 159 Å². The van der Waals surface area contributed by atoms with Crippen LogP contribution in [0.1, 0.15) is 47.0 Å². The van der Waals surface area contributed by atoms with Crippen LogP contribution in [0.3, 0.4) is 0 Å². The number of hydrogen-bond acceptors (Lipinski definition) is 3. The van der Waals surface area contributed by atoms with E-state index < -0.39 is 0 Å². The van der Waals surface area contributed by atoms with E-state index in [0.29, 0.717) is 17.9 Å². The number of nitrogens with two attached hydrogens (primary N) is 1. The molecule has 1 aliphatic heterocycles. The molecule has 0 amide bonds. The topological polar surface area (TPSA) is 62.9 Å². The molecular weight excluding hydrogens is 403 g/mol. The number of nitrogens with one attached hydrogen (secondary N) is 1. The van der Waals surface area contributed by atoms with E-state index in [1.165, 1.54) is 12.8 Å². The van der Waals surface area contributed by atoms with Crippen LogP contribution in [0.15, 0.2) is 4.99 Å². The van der Waals surface area contributed by atoms with E-state index in [1.807, 2.05) is 0 Å². The van der Waals surface area contributed by atoms with Crippen molar-refractivity contribution in [3.63, 3.8) is 0 Å². The van der Waals surface area contributed by atoms with Crippen molar-refractivity contribution in [3.8, 4) is 0 Å². The fourth-order valence-electron chi connectivity index (χ4n) is 2.74. The number of halogens is 1. The van der Waals surface area contributed by atoms with Crippen molar-refractivity contribution in [3.05, 3.63) is 0 Å². The fourth-order valence-corrected chi connectivity index (χ4v) is 2.74. The Balaban J connectivity index is 0.00000484. The molecule has 0 aromatic rings. The highest BCUT2D eigenvalue weighted by Gasteiger charge is 2.13. The summed E-state index contributed by atoms with van der Waals surface area (Å²) >= 11 is 0. The molecule has 5 nitrogen and oxygen atoms in total. The van der Waals surface area contributed by atoms with Crippen molar-refractivity contribution >= 4 is 29.9 Å². The van der Waals surface area contributed by atoms with Crippen molar-refractivity contribution in [1.82, 2.24) is 10.2 Å². The van der Waals surface area contributed by atoms with Crippen LogP contribution < -0.4 is 11.1 Å². The number of morpholine rings is 1. The summed E-state index contributed by atoms with van der Waals surface area (Å²) in [5.41, 5.74) is 5.99. The van der Waals surface area contributed by atoms with Crippen molar-refractivity contribution in [2.45, 2.75) is 53.0 Å². The second-order valence-electron chi connectivity index (χ2n) is 7.11. The lowest BCUT2D eigenvalue weighted by molar-refractivity contribution is 0.0323. The van der Waals surface area contributed by atoms with Gasteiger partial charge in [-0.25, -0.2) is 0 Å². The molecule has 0 radical (unpaired) electrons. The summed E-state index contributed by atoms with van der Waals surface area (Å²) in [5.74, 6) is 1.89. The molecule has 1 heterocycles. The highest BCUT2D eigenvalue weighted by Crippen LogP contribution is 2.08. The smallest absolute Gasteiger partial charge is 0.188 e. The van der Waals surface area contributed by atoms with Gasteiger partial charge in [0, 0.05) is 32.2 Å². The lowest BCUT2D eigenvalue weighted by Gasteiger charge is -2.28. The zero-order valence-corrected chi connectivity index (χ0v) is 17.7. The number of guanidine groups is 1. The molecule has 0 aromatic heterocycles. The molecule has 1 fully saturated rings. The Morgan fingerprint density at radius 1 is 1.17 bits per heavy atom. The van der Waals surface area contributed by atoms with E-state index in [4.69, 9.17) is 10.5 Å². The maximum absolute atomic E-state index is 5.99. The molecule has 1 rings (SSSR count). The van der Waals surface area contributed by atoms with Gasteiger partial charge in [0.1, 0.15) is 0 Å². The van der Waals surface area contributed by atoms with Gasteiger partial charge in [-0.1, -0.05) is 33.6 Å². The van der Waals surface area contributed by atoms with Gasteiger partial charge in [0.05, 0.1) is 13.2 Å². The van der Waals surface area contributed by atoms with Gasteiger partial charge in [-0.2, -0.15) is 0 Å². The molecule has 2 unspecified atom stereocenters. The first kappa shape index (κ1) is 22.9. The third kappa shape index (κ3) is 12.0. The summed E-state index contributed by atoms with van der Waals surface area (Å²) in [7, 11) is 0. The van der Waals surface area contributed by atoms with Crippen LogP contribution in [0.2, 0.25) is 0 Å². The molecule has 0 saturated carbocycles. The van der Waals surface area contributed by atoms with E-state index in [-0.39, 0.29) is 24.0 Å². The molecule has 23 heavy (non-hydrogen) atoms. The van der Waals surface area contributed by atoms with Gasteiger partial charge in [0.25, 0.3) is 0 Å². The Kier molecular flexibility index (Phi) is 13.2. The highest BCUT2D eigenvalue weighted by molar-refractivity contribution is 14.0. The first-order valence-corrected chi connectivity index (χ1v) is 8.84. The molecule has 1 saturated heterocycles. The van der Waals surface area contributed by atoms with Crippen LogP contribution in [-0.4, -0.2) is 56.3 Å². The maximum Gasteiger partial charge on any atom is 0.188 e. The largest absolute Gasteiger partial charge is 0.379 e. The predicted molar refractivity (Wildman–Crippen MR) is 110 cm³/mol. The van der Waals surface area contributed by atoms with Gasteiger partial charge in [-0.15, -0.1) is 24.0 Å². The molecule has 0 aliphatic carbocycles. The normalized spacial score (nSPS) is 19.3. The number of aliphatic imine (C=N–C) groups is 1. The number of hydrogen-bond donors (Lipinski definition) is 2. The van der Waals surface area contributed by atoms with Crippen molar-refractivity contribution in [1.29, 1.82) is 0 Å². The summed E-state index contributed by atoms with van der Waals surface area (Å²) in [6, 6.07) is 0.400. The number of nitrogens with zero attached hydrogens (tertiary/aromatic N) is 2. The third-order valence-corrected chi connectivity index (χ3v) is 4.06. The van der Waals surface area contributed by atoms with Crippen LogP contribution in [-0.2, 0) is 4.74 Å². The lowest BCUT2D eigenvalue weighted by atomic mass is 10.0. The number of rotatable bonds is 9. The zero-order valence-electron chi connectivity index (χ0n) is 15.4. The van der Waals surface area contributed by atoms with Crippen molar-refractivity contribution in [2.24, 2.45) is 22.6 Å². The Morgan fingerprint density at radius 3 is 2.43 bits per heavy atom. The molecular formula is C17H37IN4O. The first-order valence-electron chi connectivity index (χ1n) is 8.84. The Bertz CT molecular complexity index is 320. The molecule has 2 atom stereocenters. The molecule has 138 valence electrons. The summed E-state index contributed by atoms with van der Waals surface area (Å²) in [6.45, 7) is 14.6. The average Bonchev–Trinajstić information content (AvgIpc) is 2.46. The first-order chi connectivity index (χ1) is 10.5. The Morgan fingerprint density at radius 2 is 1.83 bits per heavy atom. The van der Waals surface area contributed by atoms with Gasteiger partial charge >= 0.3 is 0 Å². The van der Waals surface area contributed by atoms with Gasteiger partial charge < -0.3 is 15.8 Å². The van der Waals surface area contributed by atoms with Gasteiger partial charge in [-0.05, 0) is 25.2 Å². The van der Waals surface area contributed by atoms with Crippen molar-refractivity contribution in [2.75, 3.05) is 39.4 Å². The second kappa shape index (κ2) is 13.2. The van der Waals surface area contributed by atoms with Crippen LogP contribution in [0, 0.1) is 11.8 Å². The fraction of sp³-hybridized carbons (Fsp3) is 0.941. The van der Waals surface area contributed by atoms with E-state index >= 15 is 0 Å². The van der Waals surface area contributed by atoms with Crippen LogP contribution in [0.25, 0.3) is 0 Å². The molecule has 6 heteroatoms. The minimum Gasteiger partial charge on any atom is -0.379 e. The maximum atomic E-state index is 5.99. The second-order valence-corrected chi connectivity index (χ2v) is 7.11. The van der Waals surface area contributed by atoms with Gasteiger partial charge in [0.15, 0.2) is 5.96 Å². The molecule has 3 N–H and O–H groups in total.